The van der Waals surface area contributed by atoms with Gasteiger partial charge >= 0.3 is 0 Å². The predicted octanol–water partition coefficient (Wildman–Crippen LogP) is 3.04. The van der Waals surface area contributed by atoms with E-state index in [2.05, 4.69) is 38.2 Å². The van der Waals surface area contributed by atoms with E-state index in [0.29, 0.717) is 39.2 Å². The van der Waals surface area contributed by atoms with Crippen LogP contribution in [-0.2, 0) is 14.9 Å². The van der Waals surface area contributed by atoms with Crippen molar-refractivity contribution >= 4 is 18.3 Å². The van der Waals surface area contributed by atoms with Crippen LogP contribution in [0.15, 0.2) is 24.3 Å². The van der Waals surface area contributed by atoms with Gasteiger partial charge in [-0.3, -0.25) is 4.79 Å². The number of rotatable bonds is 6. The van der Waals surface area contributed by atoms with Gasteiger partial charge in [-0.1, -0.05) is 32.9 Å². The van der Waals surface area contributed by atoms with Crippen molar-refractivity contribution < 1.29 is 14.3 Å². The summed E-state index contributed by atoms with van der Waals surface area (Å²) in [4.78, 5) is 12.6. The Hall–Kier alpha value is -1.30. The molecular formula is C20H33ClN2O3. The van der Waals surface area contributed by atoms with Crippen molar-refractivity contribution in [3.63, 3.8) is 0 Å². The molecule has 0 saturated carbocycles. The maximum Gasteiger partial charge on any atom is 0.227 e. The van der Waals surface area contributed by atoms with Crippen LogP contribution in [0.1, 0.15) is 46.1 Å². The predicted molar refractivity (Wildman–Crippen MR) is 107 cm³/mol. The second-order valence-corrected chi connectivity index (χ2v) is 8.06. The van der Waals surface area contributed by atoms with Gasteiger partial charge in [-0.25, -0.2) is 0 Å². The van der Waals surface area contributed by atoms with Gasteiger partial charge < -0.3 is 20.5 Å². The normalized spacial score (nSPS) is 17.7. The minimum Gasteiger partial charge on any atom is -0.491 e. The summed E-state index contributed by atoms with van der Waals surface area (Å²) in [6.45, 7) is 10.5. The van der Waals surface area contributed by atoms with Crippen molar-refractivity contribution in [3.8, 4) is 5.75 Å². The first-order chi connectivity index (χ1) is 11.8. The Kier molecular flexibility index (Phi) is 8.38. The number of ether oxygens (including phenoxy) is 2. The average Bonchev–Trinajstić information content (AvgIpc) is 2.60. The SMILES string of the molecule is CC(COc1ccc(C(C)(C)C)cc1)NC(=O)C1(CN)CCOCC1.Cl. The summed E-state index contributed by atoms with van der Waals surface area (Å²) in [6, 6.07) is 8.05. The van der Waals surface area contributed by atoms with Crippen molar-refractivity contribution in [2.45, 2.75) is 52.0 Å². The summed E-state index contributed by atoms with van der Waals surface area (Å²) < 4.78 is 11.2. The van der Waals surface area contributed by atoms with E-state index in [1.165, 1.54) is 5.56 Å². The van der Waals surface area contributed by atoms with Gasteiger partial charge in [0.25, 0.3) is 0 Å². The van der Waals surface area contributed by atoms with Gasteiger partial charge in [-0.05, 0) is 42.9 Å². The highest BCUT2D eigenvalue weighted by Gasteiger charge is 2.39. The first-order valence-electron chi connectivity index (χ1n) is 9.09. The zero-order chi connectivity index (χ0) is 18.5. The maximum atomic E-state index is 12.6. The Bertz CT molecular complexity index is 563. The second-order valence-electron chi connectivity index (χ2n) is 8.06. The number of amides is 1. The smallest absolute Gasteiger partial charge is 0.227 e. The molecule has 0 bridgehead atoms. The summed E-state index contributed by atoms with van der Waals surface area (Å²) in [6.07, 6.45) is 1.36. The topological polar surface area (TPSA) is 73.6 Å². The number of hydrogen-bond acceptors (Lipinski definition) is 4. The summed E-state index contributed by atoms with van der Waals surface area (Å²) in [7, 11) is 0. The van der Waals surface area contributed by atoms with E-state index in [9.17, 15) is 4.79 Å². The lowest BCUT2D eigenvalue weighted by molar-refractivity contribution is -0.136. The van der Waals surface area contributed by atoms with Crippen LogP contribution in [0.2, 0.25) is 0 Å². The Balaban J connectivity index is 0.00000338. The van der Waals surface area contributed by atoms with Gasteiger partial charge in [0, 0.05) is 19.8 Å². The lowest BCUT2D eigenvalue weighted by atomic mass is 9.79. The fourth-order valence-corrected chi connectivity index (χ4v) is 2.98. The molecule has 1 aromatic rings. The highest BCUT2D eigenvalue weighted by Crippen LogP contribution is 2.29. The molecule has 3 N–H and O–H groups in total. The van der Waals surface area contributed by atoms with Crippen molar-refractivity contribution in [3.05, 3.63) is 29.8 Å². The van der Waals surface area contributed by atoms with Crippen LogP contribution in [0, 0.1) is 5.41 Å². The van der Waals surface area contributed by atoms with Crippen LogP contribution in [0.4, 0.5) is 0 Å². The third kappa shape index (κ3) is 5.86. The van der Waals surface area contributed by atoms with E-state index in [-0.39, 0.29) is 29.8 Å². The number of halogens is 1. The average molecular weight is 385 g/mol. The van der Waals surface area contributed by atoms with E-state index in [0.717, 1.165) is 5.75 Å². The maximum absolute atomic E-state index is 12.6. The van der Waals surface area contributed by atoms with Crippen molar-refractivity contribution in [1.82, 2.24) is 5.32 Å². The molecule has 1 unspecified atom stereocenters. The van der Waals surface area contributed by atoms with E-state index in [1.54, 1.807) is 0 Å². The molecule has 1 amide bonds. The summed E-state index contributed by atoms with van der Waals surface area (Å²) in [5.41, 5.74) is 6.78. The molecule has 0 spiro atoms. The molecular weight excluding hydrogens is 352 g/mol. The number of nitrogens with one attached hydrogen (secondary N) is 1. The molecule has 1 atom stereocenters. The first-order valence-corrected chi connectivity index (χ1v) is 9.09. The lowest BCUT2D eigenvalue weighted by Crippen LogP contribution is -2.52. The Labute approximate surface area is 163 Å². The quantitative estimate of drug-likeness (QED) is 0.790. The number of nitrogens with two attached hydrogens (primary N) is 1. The molecule has 0 aliphatic carbocycles. The Morgan fingerprint density at radius 1 is 1.27 bits per heavy atom. The molecule has 26 heavy (non-hydrogen) atoms. The minimum absolute atomic E-state index is 0. The molecule has 1 aliphatic rings. The van der Waals surface area contributed by atoms with Crippen LogP contribution in [-0.4, -0.2) is 38.3 Å². The summed E-state index contributed by atoms with van der Waals surface area (Å²) in [5, 5.41) is 3.05. The third-order valence-corrected chi connectivity index (χ3v) is 4.92. The largest absolute Gasteiger partial charge is 0.491 e. The van der Waals surface area contributed by atoms with Crippen molar-refractivity contribution in [2.24, 2.45) is 11.1 Å². The van der Waals surface area contributed by atoms with Gasteiger partial charge in [0.05, 0.1) is 11.5 Å². The van der Waals surface area contributed by atoms with Gasteiger partial charge in [0.15, 0.2) is 0 Å². The van der Waals surface area contributed by atoms with Gasteiger partial charge in [0.1, 0.15) is 12.4 Å². The van der Waals surface area contributed by atoms with Gasteiger partial charge in [-0.2, -0.15) is 0 Å². The molecule has 1 aliphatic heterocycles. The molecule has 148 valence electrons. The molecule has 1 heterocycles. The monoisotopic (exact) mass is 384 g/mol. The van der Waals surface area contributed by atoms with Crippen molar-refractivity contribution in [2.75, 3.05) is 26.4 Å². The summed E-state index contributed by atoms with van der Waals surface area (Å²) in [5.74, 6) is 0.825. The fraction of sp³-hybridized carbons (Fsp3) is 0.650. The Morgan fingerprint density at radius 2 is 1.85 bits per heavy atom. The molecule has 0 aromatic heterocycles. The Morgan fingerprint density at radius 3 is 2.35 bits per heavy atom. The molecule has 2 rings (SSSR count). The highest BCUT2D eigenvalue weighted by molar-refractivity contribution is 5.85. The number of benzene rings is 1. The second kappa shape index (κ2) is 9.58. The zero-order valence-corrected chi connectivity index (χ0v) is 17.2. The van der Waals surface area contributed by atoms with E-state index < -0.39 is 5.41 Å². The van der Waals surface area contributed by atoms with Gasteiger partial charge in [-0.15, -0.1) is 12.4 Å². The molecule has 1 fully saturated rings. The van der Waals surface area contributed by atoms with Crippen LogP contribution in [0.5, 0.6) is 5.75 Å². The standard InChI is InChI=1S/C20H32N2O3.ClH/c1-15(22-18(23)20(14-21)9-11-24-12-10-20)13-25-17-7-5-16(6-8-17)19(2,3)4;/h5-8,15H,9-14,21H2,1-4H3,(H,22,23);1H. The molecule has 0 radical (unpaired) electrons. The number of carbonyl (C=O) groups excluding carboxylic acids is 1. The molecule has 1 saturated heterocycles. The molecule has 1 aromatic carbocycles. The summed E-state index contributed by atoms with van der Waals surface area (Å²) >= 11 is 0. The van der Waals surface area contributed by atoms with Crippen LogP contribution < -0.4 is 15.8 Å². The van der Waals surface area contributed by atoms with Crippen LogP contribution in [0.25, 0.3) is 0 Å². The fourth-order valence-electron chi connectivity index (χ4n) is 2.98. The minimum atomic E-state index is -0.499. The van der Waals surface area contributed by atoms with Crippen molar-refractivity contribution in [1.29, 1.82) is 0 Å². The lowest BCUT2D eigenvalue weighted by Gasteiger charge is -2.35. The number of hydrogen-bond donors (Lipinski definition) is 2. The van der Waals surface area contributed by atoms with Crippen LogP contribution in [0.3, 0.4) is 0 Å². The highest BCUT2D eigenvalue weighted by atomic mass is 35.5. The first kappa shape index (κ1) is 22.7. The molecule has 5 nitrogen and oxygen atoms in total. The number of carbonyl (C=O) groups is 1. The zero-order valence-electron chi connectivity index (χ0n) is 16.3. The van der Waals surface area contributed by atoms with E-state index in [1.807, 2.05) is 19.1 Å². The van der Waals surface area contributed by atoms with E-state index >= 15 is 0 Å². The van der Waals surface area contributed by atoms with Gasteiger partial charge in [0.2, 0.25) is 5.91 Å². The third-order valence-electron chi connectivity index (χ3n) is 4.92. The van der Waals surface area contributed by atoms with Crippen LogP contribution >= 0.6 is 12.4 Å². The van der Waals surface area contributed by atoms with E-state index in [4.69, 9.17) is 15.2 Å². The molecule has 6 heteroatoms.